The van der Waals surface area contributed by atoms with E-state index in [2.05, 4.69) is 42.2 Å². The van der Waals surface area contributed by atoms with Crippen LogP contribution in [0.4, 0.5) is 0 Å². The van der Waals surface area contributed by atoms with Gasteiger partial charge in [-0.25, -0.2) is 4.98 Å². The number of nitrogens with one attached hydrogen (secondary N) is 1. The van der Waals surface area contributed by atoms with Crippen LogP contribution in [0.5, 0.6) is 0 Å². The lowest BCUT2D eigenvalue weighted by atomic mass is 10.1. The number of hydrogen-bond acceptors (Lipinski definition) is 3. The largest absolute Gasteiger partial charge is 0.354 e. The molecular weight excluding hydrogens is 390 g/mol. The number of benzene rings is 2. The van der Waals surface area contributed by atoms with E-state index in [0.717, 1.165) is 21.8 Å². The molecule has 0 unspecified atom stereocenters. The van der Waals surface area contributed by atoms with Gasteiger partial charge >= 0.3 is 0 Å². The Bertz CT molecular complexity index is 1320. The summed E-state index contributed by atoms with van der Waals surface area (Å²) in [4.78, 5) is 22.7. The second kappa shape index (κ2) is 7.76. The van der Waals surface area contributed by atoms with Crippen molar-refractivity contribution in [3.8, 4) is 17.1 Å². The first-order chi connectivity index (χ1) is 14.7. The maximum atomic E-state index is 13.2. The van der Waals surface area contributed by atoms with Crippen molar-refractivity contribution in [1.82, 2.24) is 14.5 Å². The van der Waals surface area contributed by atoms with Crippen molar-refractivity contribution < 1.29 is 0 Å². The van der Waals surface area contributed by atoms with Crippen molar-refractivity contribution in [2.75, 3.05) is 0 Å². The van der Waals surface area contributed by atoms with Crippen molar-refractivity contribution in [3.63, 3.8) is 0 Å². The molecule has 0 saturated carbocycles. The molecule has 2 aliphatic rings. The van der Waals surface area contributed by atoms with Gasteiger partial charge in [-0.2, -0.15) is 0 Å². The molecule has 148 valence electrons. The number of nitrogens with zero attached hydrogens (tertiary/aromatic N) is 2. The third kappa shape index (κ3) is 3.60. The van der Waals surface area contributed by atoms with E-state index >= 15 is 0 Å². The summed E-state index contributed by atoms with van der Waals surface area (Å²) in [6.07, 6.45) is 3.12. The van der Waals surface area contributed by atoms with Crippen molar-refractivity contribution >= 4 is 11.3 Å². The number of imidazole rings is 1. The molecule has 0 amide bonds. The zero-order chi connectivity index (χ0) is 20.5. The summed E-state index contributed by atoms with van der Waals surface area (Å²) in [7, 11) is 0. The van der Waals surface area contributed by atoms with Crippen LogP contribution in [-0.4, -0.2) is 14.5 Å². The van der Waals surface area contributed by atoms with Gasteiger partial charge in [0.05, 0.1) is 11.4 Å². The highest BCUT2D eigenvalue weighted by atomic mass is 32.1. The number of rotatable bonds is 5. The van der Waals surface area contributed by atoms with E-state index in [0.29, 0.717) is 24.4 Å². The lowest BCUT2D eigenvalue weighted by molar-refractivity contribution is 0.914. The standard InChI is InChI=1S/C25H21N3OS/c1-17-7-5-10-19(13-17)23-16-28-24(21(26-23)14-18-8-3-2-4-9-18)27-22(25(28)29)15-20-11-6-12-30-20/h2-13,16,26H,14-15H2,1H3. The first-order valence-corrected chi connectivity index (χ1v) is 10.8. The summed E-state index contributed by atoms with van der Waals surface area (Å²) in [6.45, 7) is 2.07. The minimum absolute atomic E-state index is 0.0457. The van der Waals surface area contributed by atoms with Crippen LogP contribution in [0.15, 0.2) is 83.1 Å². The summed E-state index contributed by atoms with van der Waals surface area (Å²) in [5, 5.41) is 2.03. The Labute approximate surface area is 178 Å². The van der Waals surface area contributed by atoms with Gasteiger partial charge < -0.3 is 4.98 Å². The van der Waals surface area contributed by atoms with Gasteiger partial charge in [-0.1, -0.05) is 60.2 Å². The van der Waals surface area contributed by atoms with Gasteiger partial charge in [-0.05, 0) is 35.6 Å². The molecule has 0 bridgehead atoms. The number of thiophene rings is 1. The highest BCUT2D eigenvalue weighted by molar-refractivity contribution is 7.09. The van der Waals surface area contributed by atoms with E-state index in [-0.39, 0.29) is 5.56 Å². The van der Waals surface area contributed by atoms with Gasteiger partial charge in [0.2, 0.25) is 0 Å². The number of aromatic nitrogens is 3. The van der Waals surface area contributed by atoms with Gasteiger partial charge in [0.1, 0.15) is 5.69 Å². The van der Waals surface area contributed by atoms with Crippen molar-refractivity contribution in [2.24, 2.45) is 0 Å². The van der Waals surface area contributed by atoms with Crippen molar-refractivity contribution in [2.45, 2.75) is 19.8 Å². The Kier molecular flexibility index (Phi) is 4.81. The predicted octanol–water partition coefficient (Wildman–Crippen LogP) is 5.22. The van der Waals surface area contributed by atoms with E-state index in [1.807, 2.05) is 48.0 Å². The van der Waals surface area contributed by atoms with E-state index in [1.54, 1.807) is 15.9 Å². The highest BCUT2D eigenvalue weighted by Crippen LogP contribution is 2.24. The van der Waals surface area contributed by atoms with Gasteiger partial charge in [0, 0.05) is 23.9 Å². The number of fused-ring (bicyclic) bond motifs is 1. The lowest BCUT2D eigenvalue weighted by Gasteiger charge is -2.13. The van der Waals surface area contributed by atoms with Crippen LogP contribution in [-0.2, 0) is 12.8 Å². The van der Waals surface area contributed by atoms with E-state index in [1.165, 1.54) is 11.1 Å². The van der Waals surface area contributed by atoms with Gasteiger partial charge in [-0.15, -0.1) is 11.3 Å². The minimum atomic E-state index is -0.0457. The molecule has 0 fully saturated rings. The molecular formula is C25H21N3OS. The van der Waals surface area contributed by atoms with Crippen LogP contribution < -0.4 is 5.56 Å². The third-order valence-corrected chi connectivity index (χ3v) is 6.10. The molecule has 0 spiro atoms. The Morgan fingerprint density at radius 3 is 2.63 bits per heavy atom. The Balaban J connectivity index is 1.67. The predicted molar refractivity (Wildman–Crippen MR) is 122 cm³/mol. The minimum Gasteiger partial charge on any atom is -0.354 e. The summed E-state index contributed by atoms with van der Waals surface area (Å²) in [5.41, 5.74) is 5.80. The summed E-state index contributed by atoms with van der Waals surface area (Å²) >= 11 is 1.65. The molecule has 2 aromatic carbocycles. The molecule has 0 aliphatic carbocycles. The van der Waals surface area contributed by atoms with E-state index in [4.69, 9.17) is 4.98 Å². The summed E-state index contributed by atoms with van der Waals surface area (Å²) < 4.78 is 1.70. The number of hydrogen-bond donors (Lipinski definition) is 1. The maximum absolute atomic E-state index is 13.2. The topological polar surface area (TPSA) is 50.7 Å². The number of aromatic amines is 1. The smallest absolute Gasteiger partial charge is 0.278 e. The Morgan fingerprint density at radius 1 is 1.00 bits per heavy atom. The van der Waals surface area contributed by atoms with E-state index < -0.39 is 0 Å². The molecule has 3 heterocycles. The van der Waals surface area contributed by atoms with E-state index in [9.17, 15) is 4.79 Å². The molecule has 0 atom stereocenters. The SMILES string of the molecule is Cc1cccc(-c2cn3c(=O)c(Cc4cccs4)nc-3c(Cc3ccccc3)[nH]2)c1. The first-order valence-electron chi connectivity index (χ1n) is 9.94. The highest BCUT2D eigenvalue weighted by Gasteiger charge is 2.20. The molecule has 30 heavy (non-hydrogen) atoms. The quantitative estimate of drug-likeness (QED) is 0.431. The average Bonchev–Trinajstić information content (AvgIpc) is 3.38. The monoisotopic (exact) mass is 411 g/mol. The first kappa shape index (κ1) is 18.6. The van der Waals surface area contributed by atoms with Crippen molar-refractivity contribution in [3.05, 3.63) is 116 Å². The van der Waals surface area contributed by atoms with Crippen LogP contribution in [0, 0.1) is 6.92 Å². The zero-order valence-corrected chi connectivity index (χ0v) is 17.4. The fourth-order valence-electron chi connectivity index (χ4n) is 3.75. The molecule has 1 aromatic heterocycles. The molecule has 4 nitrogen and oxygen atoms in total. The van der Waals surface area contributed by atoms with Crippen LogP contribution >= 0.6 is 11.3 Å². The van der Waals surface area contributed by atoms with Crippen LogP contribution in [0.1, 0.15) is 27.4 Å². The number of H-pyrrole nitrogens is 1. The summed E-state index contributed by atoms with van der Waals surface area (Å²) in [5.74, 6) is 0.701. The molecule has 3 aromatic rings. The second-order valence-electron chi connectivity index (χ2n) is 7.49. The van der Waals surface area contributed by atoms with Crippen molar-refractivity contribution in [1.29, 1.82) is 0 Å². The molecule has 1 N–H and O–H groups in total. The lowest BCUT2D eigenvalue weighted by Crippen LogP contribution is -2.17. The van der Waals surface area contributed by atoms with Gasteiger partial charge in [0.15, 0.2) is 5.82 Å². The number of aryl methyl sites for hydroxylation is 1. The average molecular weight is 412 g/mol. The van der Waals surface area contributed by atoms with Crippen LogP contribution in [0.3, 0.4) is 0 Å². The molecule has 2 aliphatic heterocycles. The molecule has 5 heteroatoms. The summed E-state index contributed by atoms with van der Waals surface area (Å²) in [6, 6.07) is 22.6. The van der Waals surface area contributed by atoms with Crippen LogP contribution in [0.2, 0.25) is 0 Å². The van der Waals surface area contributed by atoms with Gasteiger partial charge in [-0.3, -0.25) is 9.36 Å². The Morgan fingerprint density at radius 2 is 1.87 bits per heavy atom. The normalized spacial score (nSPS) is 11.2. The molecule has 0 radical (unpaired) electrons. The molecule has 5 rings (SSSR count). The van der Waals surface area contributed by atoms with Crippen LogP contribution in [0.25, 0.3) is 17.1 Å². The Hall–Kier alpha value is -3.44. The zero-order valence-electron chi connectivity index (χ0n) is 16.6. The maximum Gasteiger partial charge on any atom is 0.278 e. The third-order valence-electron chi connectivity index (χ3n) is 5.22. The van der Waals surface area contributed by atoms with Gasteiger partial charge in [0.25, 0.3) is 5.56 Å². The second-order valence-corrected chi connectivity index (χ2v) is 8.52. The fraction of sp³-hybridized carbons (Fsp3) is 0.120. The molecule has 0 saturated heterocycles. The fourth-order valence-corrected chi connectivity index (χ4v) is 4.46.